The Morgan fingerprint density at radius 3 is 2.43 bits per heavy atom. The van der Waals surface area contributed by atoms with Gasteiger partial charge >= 0.3 is 11.8 Å². The molecule has 2 amide bonds. The van der Waals surface area contributed by atoms with Crippen molar-refractivity contribution in [3.05, 3.63) is 48.4 Å². The number of anilines is 1. The van der Waals surface area contributed by atoms with Crippen LogP contribution in [0.25, 0.3) is 0 Å². The van der Waals surface area contributed by atoms with Gasteiger partial charge in [-0.15, -0.1) is 0 Å². The molecule has 2 aromatic rings. The van der Waals surface area contributed by atoms with Crippen molar-refractivity contribution >= 4 is 17.5 Å². The number of methoxy groups -OCH3 is 1. The molecule has 0 radical (unpaired) electrons. The van der Waals surface area contributed by atoms with E-state index in [0.717, 1.165) is 56.2 Å². The third-order valence-electron chi connectivity index (χ3n) is 5.64. The highest BCUT2D eigenvalue weighted by Gasteiger charge is 2.30. The van der Waals surface area contributed by atoms with Crippen LogP contribution in [-0.2, 0) is 9.59 Å². The van der Waals surface area contributed by atoms with Gasteiger partial charge in [-0.25, -0.2) is 0 Å². The standard InChI is InChI=1S/C22H28N4O4/c1-29-18-8-6-17(7-9-18)25-10-12-26(13-11-25)19(20-3-2-14-30-20)15-23-21(27)22(28)24-16-4-5-16/h2-3,6-9,14,16,19H,4-5,10-13,15H2,1H3,(H,23,27)(H,24,28)/t19-/m1/s1. The molecule has 30 heavy (non-hydrogen) atoms. The third kappa shape index (κ3) is 4.94. The molecule has 2 heterocycles. The molecule has 2 aliphatic rings. The van der Waals surface area contributed by atoms with E-state index in [1.807, 2.05) is 24.3 Å². The summed E-state index contributed by atoms with van der Waals surface area (Å²) < 4.78 is 10.9. The van der Waals surface area contributed by atoms with E-state index in [1.54, 1.807) is 13.4 Å². The zero-order valence-electron chi connectivity index (χ0n) is 17.2. The second-order valence-corrected chi connectivity index (χ2v) is 7.71. The number of furan rings is 1. The van der Waals surface area contributed by atoms with Gasteiger partial charge in [-0.1, -0.05) is 0 Å². The topological polar surface area (TPSA) is 87.0 Å². The van der Waals surface area contributed by atoms with E-state index in [9.17, 15) is 9.59 Å². The number of nitrogens with zero attached hydrogens (tertiary/aromatic N) is 2. The lowest BCUT2D eigenvalue weighted by Gasteiger charge is -2.39. The van der Waals surface area contributed by atoms with Crippen molar-refractivity contribution in [2.24, 2.45) is 0 Å². The first-order valence-electron chi connectivity index (χ1n) is 10.4. The highest BCUT2D eigenvalue weighted by atomic mass is 16.5. The smallest absolute Gasteiger partial charge is 0.309 e. The minimum absolute atomic E-state index is 0.115. The molecule has 0 unspecified atom stereocenters. The van der Waals surface area contributed by atoms with E-state index >= 15 is 0 Å². The quantitative estimate of drug-likeness (QED) is 0.671. The van der Waals surface area contributed by atoms with E-state index in [2.05, 4.69) is 32.6 Å². The molecule has 8 heteroatoms. The van der Waals surface area contributed by atoms with Crippen molar-refractivity contribution in [2.45, 2.75) is 24.9 Å². The Hall–Kier alpha value is -3.00. The van der Waals surface area contributed by atoms with Crippen LogP contribution in [-0.4, -0.2) is 62.6 Å². The van der Waals surface area contributed by atoms with E-state index in [4.69, 9.17) is 9.15 Å². The first-order valence-corrected chi connectivity index (χ1v) is 10.4. The van der Waals surface area contributed by atoms with Crippen molar-refractivity contribution in [2.75, 3.05) is 44.7 Å². The Balaban J connectivity index is 1.35. The Bertz CT molecular complexity index is 841. The zero-order chi connectivity index (χ0) is 20.9. The van der Waals surface area contributed by atoms with E-state index < -0.39 is 11.8 Å². The largest absolute Gasteiger partial charge is 0.497 e. The van der Waals surface area contributed by atoms with Gasteiger partial charge in [0.15, 0.2) is 0 Å². The Labute approximate surface area is 176 Å². The van der Waals surface area contributed by atoms with Crippen LogP contribution in [0.3, 0.4) is 0 Å². The summed E-state index contributed by atoms with van der Waals surface area (Å²) in [6.07, 6.45) is 3.54. The Morgan fingerprint density at radius 1 is 1.10 bits per heavy atom. The molecule has 1 saturated heterocycles. The van der Waals surface area contributed by atoms with E-state index in [1.165, 1.54) is 0 Å². The lowest BCUT2D eigenvalue weighted by Crippen LogP contribution is -2.50. The predicted molar refractivity (Wildman–Crippen MR) is 112 cm³/mol. The fraction of sp³-hybridized carbons (Fsp3) is 0.455. The second-order valence-electron chi connectivity index (χ2n) is 7.71. The summed E-state index contributed by atoms with van der Waals surface area (Å²) in [6.45, 7) is 3.69. The summed E-state index contributed by atoms with van der Waals surface area (Å²) in [6, 6.07) is 11.9. The number of benzene rings is 1. The molecule has 1 aromatic heterocycles. The van der Waals surface area contributed by atoms with Gasteiger partial charge in [-0.2, -0.15) is 0 Å². The molecule has 4 rings (SSSR count). The maximum absolute atomic E-state index is 12.2. The van der Waals surface area contributed by atoms with Crippen LogP contribution in [0.4, 0.5) is 5.69 Å². The van der Waals surface area contributed by atoms with Gasteiger partial charge in [0.05, 0.1) is 19.4 Å². The monoisotopic (exact) mass is 412 g/mol. The number of nitrogens with one attached hydrogen (secondary N) is 2. The summed E-state index contributed by atoms with van der Waals surface area (Å²) in [7, 11) is 1.66. The van der Waals surface area contributed by atoms with Crippen molar-refractivity contribution in [1.29, 1.82) is 0 Å². The van der Waals surface area contributed by atoms with Crippen LogP contribution in [0.5, 0.6) is 5.75 Å². The van der Waals surface area contributed by atoms with E-state index in [0.29, 0.717) is 6.54 Å². The zero-order valence-corrected chi connectivity index (χ0v) is 17.2. The van der Waals surface area contributed by atoms with Crippen molar-refractivity contribution in [3.63, 3.8) is 0 Å². The van der Waals surface area contributed by atoms with Crippen LogP contribution < -0.4 is 20.3 Å². The molecule has 1 aliphatic heterocycles. The number of ether oxygens (including phenoxy) is 1. The maximum atomic E-state index is 12.2. The number of carbonyl (C=O) groups is 2. The van der Waals surface area contributed by atoms with Gasteiger partial charge in [-0.3, -0.25) is 14.5 Å². The number of rotatable bonds is 7. The predicted octanol–water partition coefficient (Wildman–Crippen LogP) is 1.55. The Kier molecular flexibility index (Phi) is 6.23. The molecule has 1 aliphatic carbocycles. The van der Waals surface area contributed by atoms with E-state index in [-0.39, 0.29) is 12.1 Å². The fourth-order valence-electron chi connectivity index (χ4n) is 3.72. The number of amides is 2. The first-order chi connectivity index (χ1) is 14.6. The molecule has 1 atom stereocenters. The van der Waals surface area contributed by atoms with Crippen LogP contribution in [0.2, 0.25) is 0 Å². The van der Waals surface area contributed by atoms with Gasteiger partial charge in [0.1, 0.15) is 11.5 Å². The van der Waals surface area contributed by atoms with Gasteiger partial charge < -0.3 is 24.7 Å². The molecule has 160 valence electrons. The fourth-order valence-corrected chi connectivity index (χ4v) is 3.72. The van der Waals surface area contributed by atoms with Crippen molar-refractivity contribution in [1.82, 2.24) is 15.5 Å². The molecule has 0 bridgehead atoms. The molecular formula is C22H28N4O4. The average Bonchev–Trinajstić information content (AvgIpc) is 3.43. The summed E-state index contributed by atoms with van der Waals surface area (Å²) in [4.78, 5) is 28.7. The number of piperazine rings is 1. The number of carbonyl (C=O) groups excluding carboxylic acids is 2. The molecule has 2 fully saturated rings. The number of hydrogen-bond acceptors (Lipinski definition) is 6. The summed E-state index contributed by atoms with van der Waals surface area (Å²) in [5.74, 6) is 0.489. The summed E-state index contributed by atoms with van der Waals surface area (Å²) >= 11 is 0. The van der Waals surface area contributed by atoms with Gasteiger partial charge in [0.2, 0.25) is 0 Å². The van der Waals surface area contributed by atoms with Gasteiger partial charge in [0.25, 0.3) is 0 Å². The Morgan fingerprint density at radius 2 is 1.83 bits per heavy atom. The molecule has 1 saturated carbocycles. The van der Waals surface area contributed by atoms with Crippen LogP contribution >= 0.6 is 0 Å². The lowest BCUT2D eigenvalue weighted by molar-refractivity contribution is -0.139. The number of hydrogen-bond donors (Lipinski definition) is 2. The average molecular weight is 412 g/mol. The SMILES string of the molecule is COc1ccc(N2CCN([C@H](CNC(=O)C(=O)NC3CC3)c3ccco3)CC2)cc1. The summed E-state index contributed by atoms with van der Waals surface area (Å²) in [5.41, 5.74) is 1.16. The minimum Gasteiger partial charge on any atom is -0.497 e. The van der Waals surface area contributed by atoms with Gasteiger partial charge in [0, 0.05) is 44.5 Å². The highest BCUT2D eigenvalue weighted by Crippen LogP contribution is 2.25. The molecule has 2 N–H and O–H groups in total. The van der Waals surface area contributed by atoms with Gasteiger partial charge in [-0.05, 0) is 49.2 Å². The molecule has 0 spiro atoms. The lowest BCUT2D eigenvalue weighted by atomic mass is 10.1. The van der Waals surface area contributed by atoms with Crippen LogP contribution in [0, 0.1) is 0 Å². The van der Waals surface area contributed by atoms with Crippen molar-refractivity contribution < 1.29 is 18.7 Å². The first kappa shape index (κ1) is 20.3. The summed E-state index contributed by atoms with van der Waals surface area (Å²) in [5, 5.41) is 5.50. The van der Waals surface area contributed by atoms with Crippen LogP contribution in [0.15, 0.2) is 47.1 Å². The maximum Gasteiger partial charge on any atom is 0.309 e. The highest BCUT2D eigenvalue weighted by molar-refractivity contribution is 6.35. The normalized spacial score (nSPS) is 18.0. The molecule has 1 aromatic carbocycles. The molecular weight excluding hydrogens is 384 g/mol. The van der Waals surface area contributed by atoms with Crippen LogP contribution in [0.1, 0.15) is 24.6 Å². The van der Waals surface area contributed by atoms with Crippen molar-refractivity contribution in [3.8, 4) is 5.75 Å². The minimum atomic E-state index is -0.588. The molecule has 8 nitrogen and oxygen atoms in total. The third-order valence-corrected chi connectivity index (χ3v) is 5.64. The second kappa shape index (κ2) is 9.21.